The molecule has 0 saturated carbocycles. The summed E-state index contributed by atoms with van der Waals surface area (Å²) in [4.78, 5) is 23.3. The van der Waals surface area contributed by atoms with Gasteiger partial charge in [0.15, 0.2) is 0 Å². The van der Waals surface area contributed by atoms with Crippen molar-refractivity contribution in [1.82, 2.24) is 31.0 Å². The molecule has 0 aliphatic carbocycles. The molecule has 27 heavy (non-hydrogen) atoms. The number of rotatable bonds is 2. The van der Waals surface area contributed by atoms with Gasteiger partial charge in [-0.3, -0.25) is 10.2 Å². The molecule has 5 rings (SSSR count). The van der Waals surface area contributed by atoms with Crippen LogP contribution in [0, 0.1) is 5.92 Å². The minimum atomic E-state index is -0.101. The molecule has 1 aromatic carbocycles. The number of hydrogen-bond acceptors (Lipinski definition) is 5. The first-order chi connectivity index (χ1) is 12.8. The maximum absolute atomic E-state index is 13.0. The second-order valence-corrected chi connectivity index (χ2v) is 7.77. The minimum absolute atomic E-state index is 0. The summed E-state index contributed by atoms with van der Waals surface area (Å²) in [6, 6.07) is 8.47. The number of benzene rings is 1. The second kappa shape index (κ2) is 7.75. The molecular weight excluding hydrogens is 364 g/mol. The third-order valence-electron chi connectivity index (χ3n) is 6.25. The van der Waals surface area contributed by atoms with Crippen LogP contribution in [0.25, 0.3) is 11.0 Å². The smallest absolute Gasteiger partial charge is 0.241 e. The van der Waals surface area contributed by atoms with Crippen molar-refractivity contribution < 1.29 is 4.79 Å². The van der Waals surface area contributed by atoms with Gasteiger partial charge in [-0.25, -0.2) is 10.4 Å². The van der Waals surface area contributed by atoms with Crippen LogP contribution in [0.3, 0.4) is 0 Å². The number of aromatic nitrogens is 2. The fraction of sp³-hybridized carbons (Fsp3) is 0.579. The topological polar surface area (TPSA) is 85.1 Å². The van der Waals surface area contributed by atoms with Gasteiger partial charge in [0.1, 0.15) is 11.9 Å². The first-order valence-electron chi connectivity index (χ1n) is 9.75. The van der Waals surface area contributed by atoms with E-state index < -0.39 is 0 Å². The van der Waals surface area contributed by atoms with Gasteiger partial charge >= 0.3 is 0 Å². The summed E-state index contributed by atoms with van der Waals surface area (Å²) in [6.07, 6.45) is 3.02. The molecular formula is C19H27ClN6O. The van der Waals surface area contributed by atoms with Gasteiger partial charge in [0.25, 0.3) is 0 Å². The minimum Gasteiger partial charge on any atom is -0.342 e. The third-order valence-corrected chi connectivity index (χ3v) is 6.25. The van der Waals surface area contributed by atoms with E-state index in [9.17, 15) is 4.79 Å². The van der Waals surface area contributed by atoms with Crippen molar-refractivity contribution >= 4 is 29.3 Å². The lowest BCUT2D eigenvalue weighted by Gasteiger charge is -2.35. The Hall–Kier alpha value is -1.67. The van der Waals surface area contributed by atoms with E-state index in [-0.39, 0.29) is 24.4 Å². The van der Waals surface area contributed by atoms with Crippen LogP contribution in [-0.2, 0) is 4.79 Å². The van der Waals surface area contributed by atoms with Gasteiger partial charge in [0, 0.05) is 37.5 Å². The Balaban J connectivity index is 0.00000180. The Morgan fingerprint density at radius 2 is 1.93 bits per heavy atom. The summed E-state index contributed by atoms with van der Waals surface area (Å²) in [5, 5.41) is 3.42. The van der Waals surface area contributed by atoms with Gasteiger partial charge < -0.3 is 15.2 Å². The van der Waals surface area contributed by atoms with Gasteiger partial charge in [0.2, 0.25) is 5.91 Å². The largest absolute Gasteiger partial charge is 0.342 e. The number of hydrazine groups is 1. The zero-order valence-corrected chi connectivity index (χ0v) is 16.1. The highest BCUT2D eigenvalue weighted by atomic mass is 35.5. The summed E-state index contributed by atoms with van der Waals surface area (Å²) >= 11 is 0. The Bertz CT molecular complexity index is 769. The van der Waals surface area contributed by atoms with Crippen molar-refractivity contribution in [3.05, 3.63) is 30.1 Å². The summed E-state index contributed by atoms with van der Waals surface area (Å²) < 4.78 is 0. The second-order valence-electron chi connectivity index (χ2n) is 7.77. The summed E-state index contributed by atoms with van der Waals surface area (Å²) in [6.45, 7) is 3.56. The number of nitrogens with one attached hydrogen (secondary N) is 4. The lowest BCUT2D eigenvalue weighted by Crippen LogP contribution is -2.52. The van der Waals surface area contributed by atoms with Gasteiger partial charge in [-0.2, -0.15) is 0 Å². The van der Waals surface area contributed by atoms with Crippen molar-refractivity contribution in [2.75, 3.05) is 26.2 Å². The molecule has 3 unspecified atom stereocenters. The van der Waals surface area contributed by atoms with E-state index in [1.54, 1.807) is 0 Å². The van der Waals surface area contributed by atoms with Crippen LogP contribution >= 0.6 is 12.4 Å². The van der Waals surface area contributed by atoms with Crippen molar-refractivity contribution in [1.29, 1.82) is 0 Å². The summed E-state index contributed by atoms with van der Waals surface area (Å²) in [5.74, 6) is 2.07. The molecule has 8 heteroatoms. The quantitative estimate of drug-likeness (QED) is 0.618. The SMILES string of the molecule is Cl.O=C(C1NNC2CCNCC21)N1CCC(c2nc3ccccc3[nH]2)CC1. The zero-order chi connectivity index (χ0) is 17.5. The normalized spacial score (nSPS) is 28.7. The molecule has 2 aromatic rings. The number of H-pyrrole nitrogens is 1. The lowest BCUT2D eigenvalue weighted by atomic mass is 9.88. The lowest BCUT2D eigenvalue weighted by molar-refractivity contribution is -0.135. The monoisotopic (exact) mass is 390 g/mol. The van der Waals surface area contributed by atoms with E-state index in [0.29, 0.717) is 17.9 Å². The number of carbonyl (C=O) groups excluding carboxylic acids is 1. The van der Waals surface area contributed by atoms with E-state index in [0.717, 1.165) is 62.3 Å². The highest BCUT2D eigenvalue weighted by Gasteiger charge is 2.43. The van der Waals surface area contributed by atoms with Crippen LogP contribution in [0.15, 0.2) is 24.3 Å². The van der Waals surface area contributed by atoms with Crippen LogP contribution in [0.4, 0.5) is 0 Å². The van der Waals surface area contributed by atoms with E-state index in [1.165, 1.54) is 0 Å². The molecule has 3 aliphatic rings. The predicted octanol–water partition coefficient (Wildman–Crippen LogP) is 1.15. The van der Waals surface area contributed by atoms with Crippen LogP contribution in [0.5, 0.6) is 0 Å². The highest BCUT2D eigenvalue weighted by Crippen LogP contribution is 2.29. The number of piperidine rings is 2. The molecule has 4 N–H and O–H groups in total. The predicted molar refractivity (Wildman–Crippen MR) is 107 cm³/mol. The van der Waals surface area contributed by atoms with E-state index in [4.69, 9.17) is 4.98 Å². The van der Waals surface area contributed by atoms with Crippen molar-refractivity contribution in [2.45, 2.75) is 37.3 Å². The van der Waals surface area contributed by atoms with E-state index in [2.05, 4.69) is 27.2 Å². The average molecular weight is 391 g/mol. The Labute approximate surface area is 165 Å². The molecule has 0 spiro atoms. The summed E-state index contributed by atoms with van der Waals surface area (Å²) in [5.41, 5.74) is 8.70. The molecule has 0 radical (unpaired) electrons. The van der Waals surface area contributed by atoms with Crippen molar-refractivity contribution in [3.8, 4) is 0 Å². The number of hydrogen-bond donors (Lipinski definition) is 4. The Kier molecular flexibility index (Phi) is 5.36. The number of carbonyl (C=O) groups is 1. The standard InChI is InChI=1S/C19H26N6O.ClH/c26-19(17-13-11-20-8-5-14(13)23-24-17)25-9-6-12(7-10-25)18-21-15-3-1-2-4-16(15)22-18;/h1-4,12-14,17,20,23-24H,5-11H2,(H,21,22);1H. The first kappa shape index (κ1) is 18.7. The van der Waals surface area contributed by atoms with Crippen LogP contribution in [0.1, 0.15) is 31.0 Å². The fourth-order valence-electron chi connectivity index (χ4n) is 4.70. The molecule has 7 nitrogen and oxygen atoms in total. The highest BCUT2D eigenvalue weighted by molar-refractivity contribution is 5.85. The van der Waals surface area contributed by atoms with Gasteiger partial charge in [-0.15, -0.1) is 12.4 Å². The van der Waals surface area contributed by atoms with Crippen LogP contribution in [-0.4, -0.2) is 59.0 Å². The van der Waals surface area contributed by atoms with E-state index in [1.807, 2.05) is 23.1 Å². The summed E-state index contributed by atoms with van der Waals surface area (Å²) in [7, 11) is 0. The number of likely N-dealkylation sites (tertiary alicyclic amines) is 1. The van der Waals surface area contributed by atoms with Crippen molar-refractivity contribution in [3.63, 3.8) is 0 Å². The zero-order valence-electron chi connectivity index (χ0n) is 15.3. The van der Waals surface area contributed by atoms with Crippen LogP contribution in [0.2, 0.25) is 0 Å². The maximum atomic E-state index is 13.0. The number of nitrogens with zero attached hydrogens (tertiary/aromatic N) is 2. The maximum Gasteiger partial charge on any atom is 0.241 e. The number of aromatic amines is 1. The van der Waals surface area contributed by atoms with Gasteiger partial charge in [-0.05, 0) is 37.9 Å². The van der Waals surface area contributed by atoms with Gasteiger partial charge in [-0.1, -0.05) is 12.1 Å². The Morgan fingerprint density at radius 3 is 2.74 bits per heavy atom. The number of amides is 1. The molecule has 1 amide bonds. The average Bonchev–Trinajstić information content (AvgIpc) is 3.32. The van der Waals surface area contributed by atoms with Crippen molar-refractivity contribution in [2.24, 2.45) is 5.92 Å². The number of para-hydroxylation sites is 2. The number of fused-ring (bicyclic) bond motifs is 2. The molecule has 3 saturated heterocycles. The molecule has 3 atom stereocenters. The number of imidazole rings is 1. The molecule has 1 aromatic heterocycles. The van der Waals surface area contributed by atoms with E-state index >= 15 is 0 Å². The first-order valence-corrected chi connectivity index (χ1v) is 9.75. The number of halogens is 1. The fourth-order valence-corrected chi connectivity index (χ4v) is 4.70. The molecule has 3 fully saturated rings. The Morgan fingerprint density at radius 1 is 1.11 bits per heavy atom. The molecule has 0 bridgehead atoms. The molecule has 4 heterocycles. The third kappa shape index (κ3) is 3.45. The molecule has 3 aliphatic heterocycles. The van der Waals surface area contributed by atoms with Crippen LogP contribution < -0.4 is 16.2 Å². The molecule has 146 valence electrons. The van der Waals surface area contributed by atoms with Gasteiger partial charge in [0.05, 0.1) is 11.0 Å².